The van der Waals surface area contributed by atoms with Crippen molar-refractivity contribution in [3.8, 4) is 0 Å². The van der Waals surface area contributed by atoms with Gasteiger partial charge in [-0.2, -0.15) is 0 Å². The lowest BCUT2D eigenvalue weighted by Gasteiger charge is -2.06. The van der Waals surface area contributed by atoms with Crippen LogP contribution in [-0.2, 0) is 4.74 Å². The van der Waals surface area contributed by atoms with Gasteiger partial charge in [-0.15, -0.1) is 0 Å². The van der Waals surface area contributed by atoms with Crippen LogP contribution in [0.4, 0.5) is 0 Å². The minimum atomic E-state index is 0.813. The zero-order valence-corrected chi connectivity index (χ0v) is 5.18. The van der Waals surface area contributed by atoms with Crippen molar-refractivity contribution in [3.63, 3.8) is 0 Å². The average molecular weight is 123 g/mol. The van der Waals surface area contributed by atoms with E-state index in [4.69, 9.17) is 4.74 Å². The van der Waals surface area contributed by atoms with E-state index in [1.165, 1.54) is 11.1 Å². The molecule has 2 heteroatoms. The van der Waals surface area contributed by atoms with Crippen molar-refractivity contribution in [1.29, 1.82) is 0 Å². The number of dihydropyridines is 1. The Morgan fingerprint density at radius 3 is 3.33 bits per heavy atom. The number of ether oxygens (including phenoxy) is 1. The van der Waals surface area contributed by atoms with Gasteiger partial charge in [-0.05, 0) is 23.4 Å². The van der Waals surface area contributed by atoms with E-state index in [2.05, 4.69) is 11.4 Å². The SMILES string of the molecule is C1=CC2=C(CN1)COC2. The molecule has 2 heterocycles. The molecule has 48 valence electrons. The lowest BCUT2D eigenvalue weighted by molar-refractivity contribution is 0.205. The fourth-order valence-electron chi connectivity index (χ4n) is 1.15. The monoisotopic (exact) mass is 123 g/mol. The van der Waals surface area contributed by atoms with Crippen molar-refractivity contribution >= 4 is 0 Å². The van der Waals surface area contributed by atoms with Gasteiger partial charge in [0.05, 0.1) is 13.2 Å². The molecule has 0 atom stereocenters. The Morgan fingerprint density at radius 2 is 2.44 bits per heavy atom. The van der Waals surface area contributed by atoms with Crippen molar-refractivity contribution in [2.45, 2.75) is 0 Å². The Balaban J connectivity index is 2.28. The van der Waals surface area contributed by atoms with E-state index in [-0.39, 0.29) is 0 Å². The molecule has 9 heavy (non-hydrogen) atoms. The van der Waals surface area contributed by atoms with E-state index < -0.39 is 0 Å². The largest absolute Gasteiger partial charge is 0.387 e. The number of hydrogen-bond acceptors (Lipinski definition) is 2. The fourth-order valence-corrected chi connectivity index (χ4v) is 1.15. The highest BCUT2D eigenvalue weighted by atomic mass is 16.5. The van der Waals surface area contributed by atoms with Crippen molar-refractivity contribution in [2.24, 2.45) is 0 Å². The maximum absolute atomic E-state index is 5.23. The fraction of sp³-hybridized carbons (Fsp3) is 0.429. The summed E-state index contributed by atoms with van der Waals surface area (Å²) in [6, 6.07) is 0. The van der Waals surface area contributed by atoms with Crippen molar-refractivity contribution in [2.75, 3.05) is 19.8 Å². The molecule has 0 fully saturated rings. The van der Waals surface area contributed by atoms with Crippen LogP contribution < -0.4 is 5.32 Å². The van der Waals surface area contributed by atoms with Gasteiger partial charge in [0.25, 0.3) is 0 Å². The first-order valence-electron chi connectivity index (χ1n) is 3.15. The van der Waals surface area contributed by atoms with Gasteiger partial charge in [0.15, 0.2) is 0 Å². The summed E-state index contributed by atoms with van der Waals surface area (Å²) in [5.74, 6) is 0. The summed E-state index contributed by atoms with van der Waals surface area (Å²) in [6.07, 6.45) is 4.07. The molecule has 1 N–H and O–H groups in total. The Kier molecular flexibility index (Phi) is 1.06. The van der Waals surface area contributed by atoms with E-state index in [0.717, 1.165) is 19.8 Å². The molecule has 0 aromatic carbocycles. The Morgan fingerprint density at radius 1 is 1.44 bits per heavy atom. The van der Waals surface area contributed by atoms with Crippen molar-refractivity contribution in [1.82, 2.24) is 5.32 Å². The minimum Gasteiger partial charge on any atom is -0.387 e. The molecule has 0 amide bonds. The molecule has 2 aliphatic rings. The molecule has 0 saturated heterocycles. The second-order valence-electron chi connectivity index (χ2n) is 2.34. The summed E-state index contributed by atoms with van der Waals surface area (Å²) in [6.45, 7) is 2.62. The zero-order valence-electron chi connectivity index (χ0n) is 5.18. The van der Waals surface area contributed by atoms with Gasteiger partial charge in [0.1, 0.15) is 0 Å². The van der Waals surface area contributed by atoms with Crippen LogP contribution in [0.3, 0.4) is 0 Å². The van der Waals surface area contributed by atoms with Gasteiger partial charge in [-0.25, -0.2) is 0 Å². The summed E-state index contributed by atoms with van der Waals surface area (Å²) in [4.78, 5) is 0. The molecule has 2 aliphatic heterocycles. The Hall–Kier alpha value is -0.760. The number of nitrogens with one attached hydrogen (secondary N) is 1. The maximum atomic E-state index is 5.23. The second-order valence-corrected chi connectivity index (χ2v) is 2.34. The van der Waals surface area contributed by atoms with Crippen LogP contribution >= 0.6 is 0 Å². The second kappa shape index (κ2) is 1.88. The van der Waals surface area contributed by atoms with E-state index in [1.54, 1.807) is 0 Å². The molecule has 2 rings (SSSR count). The minimum absolute atomic E-state index is 0.813. The Labute approximate surface area is 54.2 Å². The van der Waals surface area contributed by atoms with Crippen LogP contribution in [0.2, 0.25) is 0 Å². The normalized spacial score (nSPS) is 24.0. The standard InChI is InChI=1S/C7H9NO/c1-2-8-3-7-5-9-4-6(1)7/h1-2,8H,3-5H2. The number of rotatable bonds is 0. The molecule has 0 radical (unpaired) electrons. The lowest BCUT2D eigenvalue weighted by Crippen LogP contribution is -2.14. The third-order valence-corrected chi connectivity index (χ3v) is 1.71. The smallest absolute Gasteiger partial charge is 0.0722 e. The highest BCUT2D eigenvalue weighted by molar-refractivity contribution is 5.33. The summed E-state index contributed by atoms with van der Waals surface area (Å²) < 4.78 is 5.23. The first-order chi connectivity index (χ1) is 4.47. The number of hydrogen-bond donors (Lipinski definition) is 1. The van der Waals surface area contributed by atoms with Gasteiger partial charge in [0.2, 0.25) is 0 Å². The van der Waals surface area contributed by atoms with Crippen LogP contribution in [-0.4, -0.2) is 19.8 Å². The van der Waals surface area contributed by atoms with E-state index in [9.17, 15) is 0 Å². The topological polar surface area (TPSA) is 21.3 Å². The molecule has 0 spiro atoms. The van der Waals surface area contributed by atoms with Gasteiger partial charge in [0, 0.05) is 6.54 Å². The summed E-state index contributed by atoms with van der Waals surface area (Å²) in [5, 5.41) is 3.14. The molecule has 0 aromatic rings. The van der Waals surface area contributed by atoms with Crippen molar-refractivity contribution in [3.05, 3.63) is 23.4 Å². The Bertz CT molecular complexity index is 181. The molecule has 0 saturated carbocycles. The van der Waals surface area contributed by atoms with Gasteiger partial charge < -0.3 is 10.1 Å². The van der Waals surface area contributed by atoms with Crippen LogP contribution in [0.5, 0.6) is 0 Å². The van der Waals surface area contributed by atoms with E-state index in [1.807, 2.05) is 6.20 Å². The third-order valence-electron chi connectivity index (χ3n) is 1.71. The molecular weight excluding hydrogens is 114 g/mol. The molecule has 0 bridgehead atoms. The van der Waals surface area contributed by atoms with Crippen LogP contribution in [0.1, 0.15) is 0 Å². The molecule has 0 aromatic heterocycles. The van der Waals surface area contributed by atoms with E-state index in [0.29, 0.717) is 0 Å². The predicted molar refractivity (Wildman–Crippen MR) is 35.0 cm³/mol. The first kappa shape index (κ1) is 5.06. The van der Waals surface area contributed by atoms with Gasteiger partial charge in [-0.3, -0.25) is 0 Å². The zero-order chi connectivity index (χ0) is 6.10. The highest BCUT2D eigenvalue weighted by Crippen LogP contribution is 2.16. The van der Waals surface area contributed by atoms with Crippen molar-refractivity contribution < 1.29 is 4.74 Å². The van der Waals surface area contributed by atoms with Crippen LogP contribution in [0.15, 0.2) is 23.4 Å². The average Bonchev–Trinajstić information content (AvgIpc) is 2.33. The molecule has 2 nitrogen and oxygen atoms in total. The van der Waals surface area contributed by atoms with Gasteiger partial charge in [-0.1, -0.05) is 0 Å². The summed E-state index contributed by atoms with van der Waals surface area (Å²) >= 11 is 0. The molecule has 0 unspecified atom stereocenters. The van der Waals surface area contributed by atoms with E-state index >= 15 is 0 Å². The quantitative estimate of drug-likeness (QED) is 0.504. The van der Waals surface area contributed by atoms with Gasteiger partial charge >= 0.3 is 0 Å². The molecular formula is C7H9NO. The molecule has 0 aliphatic carbocycles. The van der Waals surface area contributed by atoms with Crippen LogP contribution in [0, 0.1) is 0 Å². The summed E-state index contributed by atoms with van der Waals surface area (Å²) in [5.41, 5.74) is 2.78. The highest BCUT2D eigenvalue weighted by Gasteiger charge is 2.13. The summed E-state index contributed by atoms with van der Waals surface area (Å²) in [7, 11) is 0. The predicted octanol–water partition coefficient (Wildman–Crippen LogP) is 0.430. The van der Waals surface area contributed by atoms with Crippen LogP contribution in [0.25, 0.3) is 0 Å². The maximum Gasteiger partial charge on any atom is 0.0722 e. The first-order valence-corrected chi connectivity index (χ1v) is 3.15. The lowest BCUT2D eigenvalue weighted by atomic mass is 10.1. The third kappa shape index (κ3) is 0.754.